The molecule has 5 rings (SSSR count). The topological polar surface area (TPSA) is 118 Å². The van der Waals surface area contributed by atoms with Gasteiger partial charge in [-0.15, -0.1) is 0 Å². The molecule has 5 aliphatic carbocycles. The van der Waals surface area contributed by atoms with Gasteiger partial charge in [-0.25, -0.2) is 0 Å². The van der Waals surface area contributed by atoms with Crippen LogP contribution < -0.4 is 0 Å². The van der Waals surface area contributed by atoms with Gasteiger partial charge >= 0.3 is 0 Å². The van der Waals surface area contributed by atoms with Crippen molar-refractivity contribution in [2.24, 2.45) is 44.3 Å². The molecular formula is C29H46O6. The number of fused-ring (bicyclic) bond motifs is 5. The molecule has 4 fully saturated rings. The second-order valence-electron chi connectivity index (χ2n) is 14.5. The van der Waals surface area contributed by atoms with Gasteiger partial charge in [0.25, 0.3) is 0 Å². The number of rotatable bonds is 2. The number of hydrogen-bond donors (Lipinski definition) is 5. The smallest absolute Gasteiger partial charge is 0.139 e. The summed E-state index contributed by atoms with van der Waals surface area (Å²) in [4.78, 5) is 12.8. The first-order chi connectivity index (χ1) is 16.2. The molecule has 2 unspecified atom stereocenters. The summed E-state index contributed by atoms with van der Waals surface area (Å²) in [5, 5.41) is 54.5. The van der Waals surface area contributed by atoms with Crippen molar-refractivity contribution in [1.82, 2.24) is 0 Å². The number of hydrogen-bond acceptors (Lipinski definition) is 6. The van der Waals surface area contributed by atoms with Crippen LogP contribution in [-0.2, 0) is 4.79 Å². The van der Waals surface area contributed by atoms with Crippen LogP contribution in [0.15, 0.2) is 11.6 Å². The van der Waals surface area contributed by atoms with Crippen molar-refractivity contribution in [3.8, 4) is 0 Å². The lowest BCUT2D eigenvalue weighted by Crippen LogP contribution is -2.69. The van der Waals surface area contributed by atoms with E-state index in [1.54, 1.807) is 0 Å². The molecule has 5 aliphatic rings. The molecule has 0 bridgehead atoms. The van der Waals surface area contributed by atoms with Crippen LogP contribution in [0.25, 0.3) is 0 Å². The van der Waals surface area contributed by atoms with Crippen LogP contribution >= 0.6 is 0 Å². The zero-order valence-electron chi connectivity index (χ0n) is 22.2. The van der Waals surface area contributed by atoms with Crippen molar-refractivity contribution in [2.75, 3.05) is 13.2 Å². The second-order valence-corrected chi connectivity index (χ2v) is 14.5. The summed E-state index contributed by atoms with van der Waals surface area (Å²) in [6.45, 7) is 10.1. The fourth-order valence-electron chi connectivity index (χ4n) is 10.5. The average Bonchev–Trinajstić information content (AvgIpc) is 3.03. The summed E-state index contributed by atoms with van der Waals surface area (Å²) in [5.41, 5.74) is -1.52. The maximum Gasteiger partial charge on any atom is 0.139 e. The number of Topliss-reactive ketones (excluding diaryl/α,β-unsaturated/α-hetero) is 1. The van der Waals surface area contributed by atoms with E-state index in [1.165, 1.54) is 0 Å². The van der Waals surface area contributed by atoms with Crippen LogP contribution in [0.4, 0.5) is 0 Å². The van der Waals surface area contributed by atoms with E-state index in [4.69, 9.17) is 0 Å². The number of ketones is 1. The van der Waals surface area contributed by atoms with Crippen molar-refractivity contribution in [3.05, 3.63) is 11.6 Å². The SMILES string of the molecule is CC1(C)C[C@@]2(CC[C@]3(C)C(=CCC4[C@@]5(C)C[C@@H](O)[C@@H](O)C(CO)(CO)C5CC[C@]43C)[C@H]2O)CC1=O. The van der Waals surface area contributed by atoms with Crippen LogP contribution in [-0.4, -0.2) is 62.8 Å². The van der Waals surface area contributed by atoms with Gasteiger partial charge in [0.15, 0.2) is 0 Å². The minimum absolute atomic E-state index is 0.104. The van der Waals surface area contributed by atoms with Crippen LogP contribution in [0, 0.1) is 44.3 Å². The predicted octanol–water partition coefficient (Wildman–Crippen LogP) is 2.99. The molecule has 0 heterocycles. The monoisotopic (exact) mass is 490 g/mol. The van der Waals surface area contributed by atoms with Crippen LogP contribution in [0.1, 0.15) is 86.0 Å². The molecule has 9 atom stereocenters. The standard InChI is InChI=1S/C29H46O6/c1-24(2)14-28(13-21(24)33)11-10-26(4)17(22(28)34)6-7-19-25(3)12-18(32)23(35)29(15-30,16-31)20(25)8-9-27(19,26)5/h6,18-20,22-23,30-32,34-35H,7-16H2,1-5H3/t18-,19?,20?,22-,23-,25-,26-,27-,28-/m1/s1. The first-order valence-electron chi connectivity index (χ1n) is 13.7. The minimum atomic E-state index is -1.15. The summed E-state index contributed by atoms with van der Waals surface area (Å²) in [6.07, 6.45) is 5.23. The molecule has 0 radical (unpaired) electrons. The van der Waals surface area contributed by atoms with Gasteiger partial charge in [0, 0.05) is 22.7 Å². The van der Waals surface area contributed by atoms with E-state index in [0.29, 0.717) is 12.8 Å². The summed E-state index contributed by atoms with van der Waals surface area (Å²) >= 11 is 0. The Morgan fingerprint density at radius 3 is 2.17 bits per heavy atom. The largest absolute Gasteiger partial charge is 0.396 e. The van der Waals surface area contributed by atoms with E-state index < -0.39 is 23.7 Å². The molecule has 6 nitrogen and oxygen atoms in total. The molecular weight excluding hydrogens is 444 g/mol. The molecule has 0 saturated heterocycles. The zero-order chi connectivity index (χ0) is 25.8. The Kier molecular flexibility index (Phi) is 5.63. The Balaban J connectivity index is 1.56. The van der Waals surface area contributed by atoms with Gasteiger partial charge in [-0.05, 0) is 78.6 Å². The van der Waals surface area contributed by atoms with Gasteiger partial charge in [-0.1, -0.05) is 40.7 Å². The Labute approximate surface area is 209 Å². The summed E-state index contributed by atoms with van der Waals surface area (Å²) in [5.74, 6) is 0.339. The van der Waals surface area contributed by atoms with Gasteiger partial charge in [-0.3, -0.25) is 4.79 Å². The predicted molar refractivity (Wildman–Crippen MR) is 132 cm³/mol. The van der Waals surface area contributed by atoms with E-state index in [-0.39, 0.29) is 57.9 Å². The Bertz CT molecular complexity index is 937. The first kappa shape index (κ1) is 25.8. The van der Waals surface area contributed by atoms with E-state index in [1.807, 2.05) is 13.8 Å². The van der Waals surface area contributed by atoms with E-state index >= 15 is 0 Å². The fourth-order valence-corrected chi connectivity index (χ4v) is 10.5. The lowest BCUT2D eigenvalue weighted by atomic mass is 9.34. The Morgan fingerprint density at radius 2 is 1.60 bits per heavy atom. The van der Waals surface area contributed by atoms with Crippen molar-refractivity contribution in [1.29, 1.82) is 0 Å². The molecule has 0 aromatic rings. The highest BCUT2D eigenvalue weighted by Crippen LogP contribution is 2.74. The van der Waals surface area contributed by atoms with Crippen LogP contribution in [0.5, 0.6) is 0 Å². The van der Waals surface area contributed by atoms with Gasteiger partial charge < -0.3 is 25.5 Å². The molecule has 1 spiro atoms. The van der Waals surface area contributed by atoms with E-state index in [2.05, 4.69) is 26.8 Å². The summed E-state index contributed by atoms with van der Waals surface area (Å²) < 4.78 is 0. The van der Waals surface area contributed by atoms with Gasteiger partial charge in [0.2, 0.25) is 0 Å². The third kappa shape index (κ3) is 2.98. The highest BCUT2D eigenvalue weighted by atomic mass is 16.3. The van der Waals surface area contributed by atoms with Crippen molar-refractivity contribution in [3.63, 3.8) is 0 Å². The molecule has 198 valence electrons. The zero-order valence-corrected chi connectivity index (χ0v) is 22.2. The number of aliphatic hydroxyl groups is 5. The molecule has 0 aliphatic heterocycles. The number of carbonyl (C=O) groups is 1. The highest BCUT2D eigenvalue weighted by molar-refractivity contribution is 5.87. The van der Waals surface area contributed by atoms with Crippen molar-refractivity contribution in [2.45, 2.75) is 104 Å². The third-order valence-electron chi connectivity index (χ3n) is 12.7. The quantitative estimate of drug-likeness (QED) is 0.380. The third-order valence-corrected chi connectivity index (χ3v) is 12.7. The lowest BCUT2D eigenvalue weighted by Gasteiger charge is -2.71. The maximum absolute atomic E-state index is 12.8. The lowest BCUT2D eigenvalue weighted by molar-refractivity contribution is -0.256. The second kappa shape index (κ2) is 7.63. The van der Waals surface area contributed by atoms with E-state index in [9.17, 15) is 30.3 Å². The molecule has 0 aromatic heterocycles. The van der Waals surface area contributed by atoms with Crippen molar-refractivity contribution >= 4 is 5.78 Å². The minimum Gasteiger partial charge on any atom is -0.396 e. The molecule has 6 heteroatoms. The number of allylic oxidation sites excluding steroid dienone is 1. The van der Waals surface area contributed by atoms with Crippen LogP contribution in [0.2, 0.25) is 0 Å². The number of carbonyl (C=O) groups excluding carboxylic acids is 1. The van der Waals surface area contributed by atoms with Gasteiger partial charge in [0.1, 0.15) is 5.78 Å². The molecule has 35 heavy (non-hydrogen) atoms. The summed E-state index contributed by atoms with van der Waals surface area (Å²) in [6, 6.07) is 0. The van der Waals surface area contributed by atoms with Gasteiger partial charge in [-0.2, -0.15) is 0 Å². The van der Waals surface area contributed by atoms with Crippen LogP contribution in [0.3, 0.4) is 0 Å². The Morgan fingerprint density at radius 1 is 0.943 bits per heavy atom. The molecule has 0 aromatic carbocycles. The molecule has 4 saturated carbocycles. The molecule has 0 amide bonds. The number of aliphatic hydroxyl groups excluding tert-OH is 5. The summed E-state index contributed by atoms with van der Waals surface area (Å²) in [7, 11) is 0. The normalized spacial score (nSPS) is 52.5. The maximum atomic E-state index is 12.8. The Hall–Kier alpha value is -0.790. The van der Waals surface area contributed by atoms with Gasteiger partial charge in [0.05, 0.1) is 31.5 Å². The average molecular weight is 491 g/mol. The molecule has 5 N–H and O–H groups in total. The first-order valence-corrected chi connectivity index (χ1v) is 13.7. The fraction of sp³-hybridized carbons (Fsp3) is 0.897. The highest BCUT2D eigenvalue weighted by Gasteiger charge is 2.70. The van der Waals surface area contributed by atoms with E-state index in [0.717, 1.165) is 44.1 Å². The van der Waals surface area contributed by atoms with Crippen molar-refractivity contribution < 1.29 is 30.3 Å².